The fraction of sp³-hybridized carbons (Fsp3) is 0.333. The predicted octanol–water partition coefficient (Wildman–Crippen LogP) is 1.24. The lowest BCUT2D eigenvalue weighted by atomic mass is 10.1. The number of carboxylic acid groups (broad SMARTS) is 1. The molecule has 3 N–H and O–H groups in total. The Bertz CT molecular complexity index is 726. The molecule has 1 heterocycles. The van der Waals surface area contributed by atoms with E-state index in [0.717, 1.165) is 5.56 Å². The van der Waals surface area contributed by atoms with Gasteiger partial charge in [-0.3, -0.25) is 14.7 Å². The van der Waals surface area contributed by atoms with Crippen LogP contribution >= 0.6 is 0 Å². The van der Waals surface area contributed by atoms with Crippen LogP contribution in [-0.2, 0) is 11.2 Å². The summed E-state index contributed by atoms with van der Waals surface area (Å²) in [5.41, 5.74) is 1.23. The maximum Gasteiger partial charge on any atom is 0.311 e. The third-order valence-corrected chi connectivity index (χ3v) is 3.28. The summed E-state index contributed by atoms with van der Waals surface area (Å²) < 4.78 is 5.22. The van der Waals surface area contributed by atoms with E-state index in [-0.39, 0.29) is 18.2 Å². The third-order valence-electron chi connectivity index (χ3n) is 3.28. The molecular weight excluding hydrogens is 300 g/mol. The summed E-state index contributed by atoms with van der Waals surface area (Å²) in [5, 5.41) is 18.0. The number of carbonyl (C=O) groups excluding carboxylic acids is 1. The molecule has 0 saturated carbocycles. The molecule has 0 aliphatic rings. The molecule has 8 heteroatoms. The summed E-state index contributed by atoms with van der Waals surface area (Å²) in [6, 6.07) is 4.86. The number of nitrogens with zero attached hydrogens (tertiary/aromatic N) is 2. The molecule has 1 atom stereocenters. The molecule has 1 amide bonds. The number of aromatic amines is 1. The number of H-pyrrole nitrogens is 1. The van der Waals surface area contributed by atoms with E-state index in [4.69, 9.17) is 9.84 Å². The maximum absolute atomic E-state index is 12.5. The number of carboxylic acids is 1. The minimum absolute atomic E-state index is 0.238. The first kappa shape index (κ1) is 16.5. The Hall–Kier alpha value is -2.90. The average Bonchev–Trinajstić information content (AvgIpc) is 2.94. The van der Waals surface area contributed by atoms with Crippen molar-refractivity contribution in [3.05, 3.63) is 41.0 Å². The largest absolute Gasteiger partial charge is 0.496 e. The topological polar surface area (TPSA) is 117 Å². The number of benzene rings is 1. The van der Waals surface area contributed by atoms with Gasteiger partial charge in [-0.15, -0.1) is 0 Å². The van der Waals surface area contributed by atoms with Crippen molar-refractivity contribution in [2.75, 3.05) is 7.11 Å². The van der Waals surface area contributed by atoms with Gasteiger partial charge in [0.15, 0.2) is 5.82 Å². The van der Waals surface area contributed by atoms with Gasteiger partial charge >= 0.3 is 5.97 Å². The minimum atomic E-state index is -1.01. The predicted molar refractivity (Wildman–Crippen MR) is 81.3 cm³/mol. The molecule has 0 bridgehead atoms. The minimum Gasteiger partial charge on any atom is -0.496 e. The molecule has 2 aromatic rings. The number of aromatic nitrogens is 3. The van der Waals surface area contributed by atoms with Crippen molar-refractivity contribution in [1.29, 1.82) is 0 Å². The van der Waals surface area contributed by atoms with E-state index in [9.17, 15) is 9.59 Å². The smallest absolute Gasteiger partial charge is 0.311 e. The van der Waals surface area contributed by atoms with Gasteiger partial charge in [0.05, 0.1) is 18.7 Å². The SMILES string of the molecule is COc1cccc(C)c1C(=O)NC(C)c1n[nH]c(CC(=O)O)n1. The highest BCUT2D eigenvalue weighted by molar-refractivity contribution is 5.98. The van der Waals surface area contributed by atoms with Gasteiger partial charge in [-0.05, 0) is 25.5 Å². The lowest BCUT2D eigenvalue weighted by molar-refractivity contribution is -0.136. The summed E-state index contributed by atoms with van der Waals surface area (Å²) in [4.78, 5) is 27.2. The molecule has 0 aliphatic carbocycles. The standard InChI is InChI=1S/C15H18N4O4/c1-8-5-4-6-10(23-3)13(8)15(22)16-9(2)14-17-11(18-19-14)7-12(20)21/h4-6,9H,7H2,1-3H3,(H,16,22)(H,20,21)(H,17,18,19). The molecule has 1 aromatic heterocycles. The van der Waals surface area contributed by atoms with Crippen LogP contribution in [0.1, 0.15) is 40.5 Å². The van der Waals surface area contributed by atoms with Crippen LogP contribution < -0.4 is 10.1 Å². The first-order valence-corrected chi connectivity index (χ1v) is 6.99. The van der Waals surface area contributed by atoms with Crippen LogP contribution in [0.2, 0.25) is 0 Å². The Balaban J connectivity index is 2.14. The van der Waals surface area contributed by atoms with Crippen molar-refractivity contribution in [2.45, 2.75) is 26.3 Å². The fourth-order valence-electron chi connectivity index (χ4n) is 2.16. The molecule has 0 fully saturated rings. The first-order valence-electron chi connectivity index (χ1n) is 6.99. The van der Waals surface area contributed by atoms with Crippen LogP contribution in [0, 0.1) is 6.92 Å². The van der Waals surface area contributed by atoms with E-state index in [1.165, 1.54) is 7.11 Å². The van der Waals surface area contributed by atoms with Crippen molar-refractivity contribution in [2.24, 2.45) is 0 Å². The van der Waals surface area contributed by atoms with Gasteiger partial charge in [-0.2, -0.15) is 5.10 Å². The molecule has 23 heavy (non-hydrogen) atoms. The highest BCUT2D eigenvalue weighted by atomic mass is 16.5. The van der Waals surface area contributed by atoms with E-state index in [1.54, 1.807) is 13.0 Å². The number of nitrogens with one attached hydrogen (secondary N) is 2. The number of hydrogen-bond donors (Lipinski definition) is 3. The average molecular weight is 318 g/mol. The zero-order valence-corrected chi connectivity index (χ0v) is 13.1. The number of carbonyl (C=O) groups is 2. The molecule has 1 aromatic carbocycles. The van der Waals surface area contributed by atoms with Crippen LogP contribution in [0.4, 0.5) is 0 Å². The van der Waals surface area contributed by atoms with E-state index in [0.29, 0.717) is 17.1 Å². The molecule has 0 spiro atoms. The summed E-state index contributed by atoms with van der Waals surface area (Å²) >= 11 is 0. The Morgan fingerprint density at radius 3 is 2.83 bits per heavy atom. The number of aryl methyl sites for hydroxylation is 1. The lowest BCUT2D eigenvalue weighted by Gasteiger charge is -2.14. The van der Waals surface area contributed by atoms with Gasteiger partial charge < -0.3 is 15.2 Å². The number of ether oxygens (including phenoxy) is 1. The van der Waals surface area contributed by atoms with Crippen molar-refractivity contribution in [1.82, 2.24) is 20.5 Å². The second-order valence-corrected chi connectivity index (χ2v) is 5.06. The summed E-state index contributed by atoms with van der Waals surface area (Å²) in [7, 11) is 1.50. The zero-order valence-electron chi connectivity index (χ0n) is 13.1. The van der Waals surface area contributed by atoms with E-state index >= 15 is 0 Å². The van der Waals surface area contributed by atoms with Crippen LogP contribution in [0.3, 0.4) is 0 Å². The van der Waals surface area contributed by atoms with Gasteiger partial charge in [0.1, 0.15) is 18.0 Å². The van der Waals surface area contributed by atoms with Gasteiger partial charge in [0.25, 0.3) is 5.91 Å². The Kier molecular flexibility index (Phi) is 4.95. The number of rotatable bonds is 6. The van der Waals surface area contributed by atoms with Gasteiger partial charge in [0.2, 0.25) is 0 Å². The van der Waals surface area contributed by atoms with Crippen LogP contribution in [-0.4, -0.2) is 39.3 Å². The highest BCUT2D eigenvalue weighted by Gasteiger charge is 2.20. The van der Waals surface area contributed by atoms with Crippen LogP contribution in [0.5, 0.6) is 5.75 Å². The van der Waals surface area contributed by atoms with Crippen molar-refractivity contribution in [3.8, 4) is 5.75 Å². The number of aliphatic carboxylic acids is 1. The van der Waals surface area contributed by atoms with Crippen molar-refractivity contribution < 1.29 is 19.4 Å². The Morgan fingerprint density at radius 1 is 1.43 bits per heavy atom. The van der Waals surface area contributed by atoms with Crippen LogP contribution in [0.15, 0.2) is 18.2 Å². The first-order chi connectivity index (χ1) is 10.9. The monoisotopic (exact) mass is 318 g/mol. The van der Waals surface area contributed by atoms with Gasteiger partial charge in [-0.1, -0.05) is 12.1 Å². The molecule has 2 rings (SSSR count). The Morgan fingerprint density at radius 2 is 2.17 bits per heavy atom. The Labute approximate surface area is 132 Å². The summed E-state index contributed by atoms with van der Waals surface area (Å²) in [5.74, 6) is -0.272. The number of hydrogen-bond acceptors (Lipinski definition) is 5. The van der Waals surface area contributed by atoms with Gasteiger partial charge in [-0.25, -0.2) is 4.98 Å². The number of amides is 1. The van der Waals surface area contributed by atoms with E-state index in [2.05, 4.69) is 20.5 Å². The maximum atomic E-state index is 12.5. The number of methoxy groups -OCH3 is 1. The van der Waals surface area contributed by atoms with E-state index < -0.39 is 12.0 Å². The lowest BCUT2D eigenvalue weighted by Crippen LogP contribution is -2.28. The second-order valence-electron chi connectivity index (χ2n) is 5.06. The zero-order chi connectivity index (χ0) is 17.0. The summed E-state index contributed by atoms with van der Waals surface area (Å²) in [6.07, 6.45) is -0.251. The molecule has 0 aliphatic heterocycles. The molecule has 8 nitrogen and oxygen atoms in total. The quantitative estimate of drug-likeness (QED) is 0.737. The molecular formula is C15H18N4O4. The highest BCUT2D eigenvalue weighted by Crippen LogP contribution is 2.22. The second kappa shape index (κ2) is 6.91. The van der Waals surface area contributed by atoms with Crippen LogP contribution in [0.25, 0.3) is 0 Å². The summed E-state index contributed by atoms with van der Waals surface area (Å²) in [6.45, 7) is 3.54. The normalized spacial score (nSPS) is 11.8. The van der Waals surface area contributed by atoms with E-state index in [1.807, 2.05) is 19.1 Å². The molecule has 0 radical (unpaired) electrons. The molecule has 122 valence electrons. The molecule has 1 unspecified atom stereocenters. The fourth-order valence-corrected chi connectivity index (χ4v) is 2.16. The molecule has 0 saturated heterocycles. The van der Waals surface area contributed by atoms with Crippen molar-refractivity contribution >= 4 is 11.9 Å². The third kappa shape index (κ3) is 3.85. The van der Waals surface area contributed by atoms with Gasteiger partial charge in [0, 0.05) is 0 Å². The van der Waals surface area contributed by atoms with Crippen molar-refractivity contribution in [3.63, 3.8) is 0 Å².